The maximum Gasteiger partial charge on any atom is 0.194 e. The number of aliphatic hydroxyl groups excluding tert-OH is 3. The van der Waals surface area contributed by atoms with Crippen molar-refractivity contribution in [2.45, 2.75) is 49.3 Å². The average molecular weight is 539 g/mol. The fourth-order valence-electron chi connectivity index (χ4n) is 5.37. The molecular weight excluding hydrogens is 513 g/mol. The SMILES string of the molecule is OC[C@H]1O[C@@]2(CCCN(Cc3cccc(Cl)c3)C2)[C@H](O)[C@@H](n2cc(-c3cc(F)c(F)c(F)c3)nn2)[C@H]1O. The van der Waals surface area contributed by atoms with Gasteiger partial charge in [0.2, 0.25) is 0 Å². The molecule has 1 spiro atoms. The van der Waals surface area contributed by atoms with Crippen molar-refractivity contribution in [3.05, 3.63) is 70.6 Å². The molecule has 3 N–H and O–H groups in total. The van der Waals surface area contributed by atoms with Crippen molar-refractivity contribution in [1.29, 1.82) is 0 Å². The molecule has 0 radical (unpaired) electrons. The van der Waals surface area contributed by atoms with Crippen molar-refractivity contribution in [3.63, 3.8) is 0 Å². The molecule has 2 saturated heterocycles. The number of ether oxygens (including phenoxy) is 1. The zero-order valence-electron chi connectivity index (χ0n) is 19.6. The van der Waals surface area contributed by atoms with Gasteiger partial charge in [0.15, 0.2) is 17.5 Å². The molecule has 3 heterocycles. The van der Waals surface area contributed by atoms with Gasteiger partial charge in [-0.25, -0.2) is 17.9 Å². The van der Waals surface area contributed by atoms with Crippen LogP contribution in [0, 0.1) is 17.5 Å². The molecule has 0 amide bonds. The molecule has 2 aromatic carbocycles. The van der Waals surface area contributed by atoms with E-state index in [1.807, 2.05) is 18.2 Å². The number of aromatic nitrogens is 3. The maximum absolute atomic E-state index is 13.8. The van der Waals surface area contributed by atoms with Crippen molar-refractivity contribution in [3.8, 4) is 11.3 Å². The van der Waals surface area contributed by atoms with Crippen molar-refractivity contribution >= 4 is 11.6 Å². The molecule has 0 bridgehead atoms. The van der Waals surface area contributed by atoms with Crippen LogP contribution in [0.15, 0.2) is 42.6 Å². The molecule has 12 heteroatoms. The van der Waals surface area contributed by atoms with Gasteiger partial charge in [-0.05, 0) is 49.2 Å². The smallest absolute Gasteiger partial charge is 0.194 e. The van der Waals surface area contributed by atoms with Gasteiger partial charge >= 0.3 is 0 Å². The summed E-state index contributed by atoms with van der Waals surface area (Å²) in [7, 11) is 0. The second-order valence-electron chi connectivity index (χ2n) is 9.61. The Hall–Kier alpha value is -2.54. The van der Waals surface area contributed by atoms with E-state index in [4.69, 9.17) is 16.3 Å². The fourth-order valence-corrected chi connectivity index (χ4v) is 5.58. The highest BCUT2D eigenvalue weighted by atomic mass is 35.5. The van der Waals surface area contributed by atoms with Gasteiger partial charge < -0.3 is 20.1 Å². The Labute approximate surface area is 215 Å². The molecule has 0 saturated carbocycles. The van der Waals surface area contributed by atoms with Gasteiger partial charge in [0.25, 0.3) is 0 Å². The molecule has 3 aromatic rings. The monoisotopic (exact) mass is 538 g/mol. The fraction of sp³-hybridized carbons (Fsp3) is 0.440. The van der Waals surface area contributed by atoms with Gasteiger partial charge in [-0.15, -0.1) is 5.10 Å². The standard InChI is InChI=1S/C25H26ClF3N4O4/c26-16-4-1-3-14(7-16)10-32-6-2-5-25(13-32)24(36)22(23(35)20(12-34)37-25)33-11-19(30-31-33)15-8-17(27)21(29)18(28)9-15/h1,3-4,7-9,11,20,22-24,34-36H,2,5-6,10,12-13H2/t20-,22+,23+,24-,25-/m1/s1. The number of hydrogen-bond acceptors (Lipinski definition) is 7. The molecule has 2 fully saturated rings. The number of likely N-dealkylation sites (tertiary alicyclic amines) is 1. The number of rotatable bonds is 5. The van der Waals surface area contributed by atoms with Crippen molar-refractivity contribution in [1.82, 2.24) is 19.9 Å². The lowest BCUT2D eigenvalue weighted by atomic mass is 9.78. The van der Waals surface area contributed by atoms with Gasteiger partial charge in [-0.1, -0.05) is 28.9 Å². The highest BCUT2D eigenvalue weighted by Crippen LogP contribution is 2.42. The molecule has 37 heavy (non-hydrogen) atoms. The van der Waals surface area contributed by atoms with Gasteiger partial charge in [0.05, 0.1) is 12.8 Å². The molecule has 5 atom stereocenters. The van der Waals surface area contributed by atoms with Crippen LogP contribution in [0.2, 0.25) is 5.02 Å². The van der Waals surface area contributed by atoms with E-state index in [0.29, 0.717) is 31.0 Å². The van der Waals surface area contributed by atoms with Crippen LogP contribution < -0.4 is 0 Å². The Morgan fingerprint density at radius 1 is 1.14 bits per heavy atom. The first-order valence-electron chi connectivity index (χ1n) is 11.9. The van der Waals surface area contributed by atoms with E-state index in [0.717, 1.165) is 24.2 Å². The third kappa shape index (κ3) is 4.99. The van der Waals surface area contributed by atoms with E-state index in [9.17, 15) is 28.5 Å². The molecule has 0 aliphatic carbocycles. The minimum Gasteiger partial charge on any atom is -0.394 e. The quantitative estimate of drug-likeness (QED) is 0.429. The summed E-state index contributed by atoms with van der Waals surface area (Å²) in [6.45, 7) is 1.12. The summed E-state index contributed by atoms with van der Waals surface area (Å²) in [4.78, 5) is 2.11. The average Bonchev–Trinajstić information content (AvgIpc) is 3.35. The van der Waals surface area contributed by atoms with E-state index in [2.05, 4.69) is 15.2 Å². The largest absolute Gasteiger partial charge is 0.394 e. The number of benzene rings is 2. The van der Waals surface area contributed by atoms with Crippen LogP contribution in [-0.2, 0) is 11.3 Å². The highest BCUT2D eigenvalue weighted by molar-refractivity contribution is 6.30. The third-order valence-electron chi connectivity index (χ3n) is 7.12. The Bertz CT molecular complexity index is 1260. The van der Waals surface area contributed by atoms with Crippen LogP contribution >= 0.6 is 11.6 Å². The molecule has 5 rings (SSSR count). The zero-order chi connectivity index (χ0) is 26.3. The molecule has 8 nitrogen and oxygen atoms in total. The van der Waals surface area contributed by atoms with Crippen LogP contribution in [0.1, 0.15) is 24.4 Å². The third-order valence-corrected chi connectivity index (χ3v) is 7.35. The highest BCUT2D eigenvalue weighted by Gasteiger charge is 2.56. The van der Waals surface area contributed by atoms with Gasteiger partial charge in [-0.3, -0.25) is 4.90 Å². The molecule has 0 unspecified atom stereocenters. The Morgan fingerprint density at radius 3 is 2.59 bits per heavy atom. The maximum atomic E-state index is 13.8. The zero-order valence-corrected chi connectivity index (χ0v) is 20.4. The summed E-state index contributed by atoms with van der Waals surface area (Å²) >= 11 is 6.13. The molecule has 2 aliphatic rings. The van der Waals surface area contributed by atoms with E-state index in [-0.39, 0.29) is 11.3 Å². The van der Waals surface area contributed by atoms with E-state index < -0.39 is 54.0 Å². The lowest BCUT2D eigenvalue weighted by molar-refractivity contribution is -0.269. The second kappa shape index (κ2) is 10.3. The van der Waals surface area contributed by atoms with Gasteiger partial charge in [0, 0.05) is 23.7 Å². The molecule has 1 aromatic heterocycles. The van der Waals surface area contributed by atoms with Crippen LogP contribution in [0.4, 0.5) is 13.2 Å². The van der Waals surface area contributed by atoms with Crippen LogP contribution in [0.25, 0.3) is 11.3 Å². The number of aliphatic hydroxyl groups is 3. The lowest BCUT2D eigenvalue weighted by Gasteiger charge is -2.53. The van der Waals surface area contributed by atoms with E-state index >= 15 is 0 Å². The second-order valence-corrected chi connectivity index (χ2v) is 10.0. The topological polar surface area (TPSA) is 104 Å². The number of halogens is 4. The van der Waals surface area contributed by atoms with Crippen LogP contribution in [0.5, 0.6) is 0 Å². The van der Waals surface area contributed by atoms with E-state index in [1.165, 1.54) is 10.9 Å². The summed E-state index contributed by atoms with van der Waals surface area (Å²) in [6.07, 6.45) is -1.17. The first-order valence-corrected chi connectivity index (χ1v) is 12.3. The van der Waals surface area contributed by atoms with Crippen molar-refractivity contribution < 1.29 is 33.2 Å². The summed E-state index contributed by atoms with van der Waals surface area (Å²) < 4.78 is 48.3. The summed E-state index contributed by atoms with van der Waals surface area (Å²) in [5, 5.41) is 41.0. The minimum absolute atomic E-state index is 0.0181. The molecule has 2 aliphatic heterocycles. The summed E-state index contributed by atoms with van der Waals surface area (Å²) in [5.41, 5.74) is -0.180. The Kier molecular flexibility index (Phi) is 7.27. The first kappa shape index (κ1) is 26.1. The molecular formula is C25H26ClF3N4O4. The Morgan fingerprint density at radius 2 is 1.89 bits per heavy atom. The lowest BCUT2D eigenvalue weighted by Crippen LogP contribution is -2.67. The molecule has 198 valence electrons. The van der Waals surface area contributed by atoms with Crippen LogP contribution in [-0.4, -0.2) is 78.8 Å². The van der Waals surface area contributed by atoms with Crippen molar-refractivity contribution in [2.24, 2.45) is 0 Å². The number of nitrogens with zero attached hydrogens (tertiary/aromatic N) is 4. The van der Waals surface area contributed by atoms with Gasteiger partial charge in [-0.2, -0.15) is 0 Å². The first-order chi connectivity index (χ1) is 17.7. The minimum atomic E-state index is -1.60. The van der Waals surface area contributed by atoms with Crippen LogP contribution in [0.3, 0.4) is 0 Å². The van der Waals surface area contributed by atoms with Crippen molar-refractivity contribution in [2.75, 3.05) is 19.7 Å². The predicted molar refractivity (Wildman–Crippen MR) is 127 cm³/mol. The number of hydrogen-bond donors (Lipinski definition) is 3. The normalized spacial score (nSPS) is 28.6. The summed E-state index contributed by atoms with van der Waals surface area (Å²) in [5.74, 6) is -4.35. The number of piperidine rings is 1. The Balaban J connectivity index is 1.43. The van der Waals surface area contributed by atoms with E-state index in [1.54, 1.807) is 6.07 Å². The van der Waals surface area contributed by atoms with Gasteiger partial charge in [0.1, 0.15) is 35.6 Å². The summed E-state index contributed by atoms with van der Waals surface area (Å²) in [6, 6.07) is 7.96. The predicted octanol–water partition coefficient (Wildman–Crippen LogP) is 2.70.